The Kier molecular flexibility index (Phi) is 2.45. The standard InChI is InChI=1S/C16H16N4O2/c1-17-11-7-3-5-9-13(11)19(21)15(17)16-18(2)12-8-4-6-10-14(12)20(16)22/h3-10,21-22H,1-2H3/q+2. The van der Waals surface area contributed by atoms with Gasteiger partial charge in [0, 0.05) is 0 Å². The van der Waals surface area contributed by atoms with Crippen LogP contribution in [-0.2, 0) is 14.1 Å². The number of imidazole rings is 2. The number of hydrogen-bond donors (Lipinski definition) is 2. The molecule has 0 amide bonds. The zero-order chi connectivity index (χ0) is 15.4. The summed E-state index contributed by atoms with van der Waals surface area (Å²) in [5.41, 5.74) is 3.13. The molecule has 2 N–H and O–H groups in total. The van der Waals surface area contributed by atoms with Crippen LogP contribution in [0.2, 0.25) is 0 Å². The number of fused-ring (bicyclic) bond motifs is 2. The van der Waals surface area contributed by atoms with E-state index in [4.69, 9.17) is 0 Å². The highest BCUT2D eigenvalue weighted by Crippen LogP contribution is 2.22. The predicted octanol–water partition coefficient (Wildman–Crippen LogP) is 1.39. The van der Waals surface area contributed by atoms with Crippen molar-refractivity contribution in [1.29, 1.82) is 0 Å². The number of benzene rings is 2. The maximum Gasteiger partial charge on any atom is 0.416 e. The maximum atomic E-state index is 10.6. The van der Waals surface area contributed by atoms with Crippen LogP contribution in [0.15, 0.2) is 48.5 Å². The third kappa shape index (κ3) is 1.43. The van der Waals surface area contributed by atoms with Gasteiger partial charge in [-0.2, -0.15) is 0 Å². The van der Waals surface area contributed by atoms with Crippen LogP contribution in [0.3, 0.4) is 0 Å². The van der Waals surface area contributed by atoms with Gasteiger partial charge in [-0.05, 0) is 33.7 Å². The van der Waals surface area contributed by atoms with Gasteiger partial charge in [0.25, 0.3) is 0 Å². The topological polar surface area (TPSA) is 58.1 Å². The van der Waals surface area contributed by atoms with Crippen molar-refractivity contribution in [2.24, 2.45) is 14.1 Å². The second kappa shape index (κ2) is 4.24. The Morgan fingerprint density at radius 2 is 1.05 bits per heavy atom. The first-order valence-electron chi connectivity index (χ1n) is 6.99. The molecule has 6 heteroatoms. The summed E-state index contributed by atoms with van der Waals surface area (Å²) in [7, 11) is 3.73. The molecule has 110 valence electrons. The summed E-state index contributed by atoms with van der Waals surface area (Å²) in [6.45, 7) is 0. The van der Waals surface area contributed by atoms with Gasteiger partial charge in [-0.1, -0.05) is 24.3 Å². The van der Waals surface area contributed by atoms with Gasteiger partial charge in [0.15, 0.2) is 11.0 Å². The Bertz CT molecular complexity index is 868. The number of para-hydroxylation sites is 4. The van der Waals surface area contributed by atoms with Crippen LogP contribution in [0.5, 0.6) is 0 Å². The Morgan fingerprint density at radius 1 is 0.682 bits per heavy atom. The lowest BCUT2D eigenvalue weighted by Gasteiger charge is -1.93. The highest BCUT2D eigenvalue weighted by Gasteiger charge is 2.37. The Morgan fingerprint density at radius 3 is 1.41 bits per heavy atom. The van der Waals surface area contributed by atoms with Gasteiger partial charge in [-0.3, -0.25) is 0 Å². The van der Waals surface area contributed by atoms with E-state index in [0.29, 0.717) is 22.7 Å². The second-order valence-electron chi connectivity index (χ2n) is 5.37. The minimum atomic E-state index is 0.502. The van der Waals surface area contributed by atoms with Crippen LogP contribution in [0.1, 0.15) is 0 Å². The Hall–Kier alpha value is -3.02. The molecule has 0 aliphatic rings. The lowest BCUT2D eigenvalue weighted by molar-refractivity contribution is -0.667. The predicted molar refractivity (Wildman–Crippen MR) is 79.6 cm³/mol. The molecule has 0 saturated carbocycles. The zero-order valence-corrected chi connectivity index (χ0v) is 12.3. The normalized spacial score (nSPS) is 11.5. The van der Waals surface area contributed by atoms with Crippen LogP contribution in [0, 0.1) is 0 Å². The van der Waals surface area contributed by atoms with Crippen molar-refractivity contribution < 1.29 is 19.5 Å². The van der Waals surface area contributed by atoms with E-state index in [0.717, 1.165) is 20.5 Å². The molecule has 0 spiro atoms. The molecule has 0 aliphatic heterocycles. The van der Waals surface area contributed by atoms with E-state index in [-0.39, 0.29) is 0 Å². The fourth-order valence-corrected chi connectivity index (χ4v) is 3.08. The van der Waals surface area contributed by atoms with E-state index in [9.17, 15) is 10.4 Å². The first kappa shape index (κ1) is 12.7. The number of nitrogens with zero attached hydrogens (tertiary/aromatic N) is 4. The zero-order valence-electron chi connectivity index (χ0n) is 12.3. The molecule has 6 nitrogen and oxygen atoms in total. The molecule has 0 aliphatic carbocycles. The lowest BCUT2D eigenvalue weighted by atomic mass is 10.3. The minimum Gasteiger partial charge on any atom is -0.349 e. The summed E-state index contributed by atoms with van der Waals surface area (Å²) in [4.78, 5) is 0. The molecule has 0 atom stereocenters. The Labute approximate surface area is 126 Å². The maximum absolute atomic E-state index is 10.6. The van der Waals surface area contributed by atoms with Gasteiger partial charge in [0.05, 0.1) is 14.1 Å². The van der Waals surface area contributed by atoms with Gasteiger partial charge >= 0.3 is 11.6 Å². The molecule has 0 saturated heterocycles. The van der Waals surface area contributed by atoms with E-state index < -0.39 is 0 Å². The molecule has 2 heterocycles. The van der Waals surface area contributed by atoms with Crippen LogP contribution in [0.4, 0.5) is 0 Å². The minimum absolute atomic E-state index is 0.502. The molecule has 0 fully saturated rings. The number of aryl methyl sites for hydroxylation is 2. The van der Waals surface area contributed by atoms with Gasteiger partial charge in [0.1, 0.15) is 0 Å². The monoisotopic (exact) mass is 296 g/mol. The van der Waals surface area contributed by atoms with E-state index >= 15 is 0 Å². The quantitative estimate of drug-likeness (QED) is 0.412. The molecule has 0 unspecified atom stereocenters. The van der Waals surface area contributed by atoms with Gasteiger partial charge < -0.3 is 10.4 Å². The van der Waals surface area contributed by atoms with Crippen molar-refractivity contribution in [2.75, 3.05) is 0 Å². The lowest BCUT2D eigenvalue weighted by Crippen LogP contribution is -2.38. The second-order valence-corrected chi connectivity index (χ2v) is 5.37. The first-order chi connectivity index (χ1) is 10.6. The van der Waals surface area contributed by atoms with E-state index in [2.05, 4.69) is 0 Å². The van der Waals surface area contributed by atoms with Crippen LogP contribution < -0.4 is 9.13 Å². The largest absolute Gasteiger partial charge is 0.416 e. The third-order valence-electron chi connectivity index (χ3n) is 4.18. The van der Waals surface area contributed by atoms with Gasteiger partial charge in [0.2, 0.25) is 11.0 Å². The van der Waals surface area contributed by atoms with Crippen molar-refractivity contribution >= 4 is 22.1 Å². The van der Waals surface area contributed by atoms with Crippen LogP contribution in [0.25, 0.3) is 33.7 Å². The number of hydrogen-bond acceptors (Lipinski definition) is 2. The van der Waals surface area contributed by atoms with Crippen molar-refractivity contribution in [3.8, 4) is 11.6 Å². The first-order valence-corrected chi connectivity index (χ1v) is 6.99. The van der Waals surface area contributed by atoms with E-state index in [1.807, 2.05) is 71.8 Å². The molecule has 4 aromatic rings. The molecule has 2 aromatic carbocycles. The fourth-order valence-electron chi connectivity index (χ4n) is 3.08. The highest BCUT2D eigenvalue weighted by atomic mass is 16.5. The van der Waals surface area contributed by atoms with Crippen molar-refractivity contribution in [1.82, 2.24) is 9.46 Å². The smallest absolute Gasteiger partial charge is 0.349 e. The summed E-state index contributed by atoms with van der Waals surface area (Å²) in [5, 5.41) is 21.1. The van der Waals surface area contributed by atoms with Crippen molar-refractivity contribution in [2.45, 2.75) is 0 Å². The molecule has 2 aromatic heterocycles. The van der Waals surface area contributed by atoms with Crippen LogP contribution in [-0.4, -0.2) is 19.9 Å². The fraction of sp³-hybridized carbons (Fsp3) is 0.125. The molecule has 4 rings (SSSR count). The molecular formula is C16H16N4O2+2. The van der Waals surface area contributed by atoms with Gasteiger partial charge in [-0.25, -0.2) is 9.13 Å². The van der Waals surface area contributed by atoms with Gasteiger partial charge in [-0.15, -0.1) is 0 Å². The van der Waals surface area contributed by atoms with Crippen LogP contribution >= 0.6 is 0 Å². The SMILES string of the molecule is C[n+]1c(-c2n(O)c3ccccc3[n+]2C)n(O)c2ccccc21. The molecule has 0 radical (unpaired) electrons. The summed E-state index contributed by atoms with van der Waals surface area (Å²) < 4.78 is 5.93. The molecular weight excluding hydrogens is 280 g/mol. The van der Waals surface area contributed by atoms with Crippen molar-refractivity contribution in [3.05, 3.63) is 48.5 Å². The summed E-state index contributed by atoms with van der Waals surface area (Å²) in [5.74, 6) is 1.00. The van der Waals surface area contributed by atoms with E-state index in [1.165, 1.54) is 0 Å². The summed E-state index contributed by atoms with van der Waals surface area (Å²) >= 11 is 0. The highest BCUT2D eigenvalue weighted by molar-refractivity contribution is 5.77. The molecule has 22 heavy (non-hydrogen) atoms. The summed E-state index contributed by atoms with van der Waals surface area (Å²) in [6, 6.07) is 15.1. The molecule has 0 bridgehead atoms. The average Bonchev–Trinajstić information content (AvgIpc) is 2.94. The van der Waals surface area contributed by atoms with E-state index in [1.54, 1.807) is 0 Å². The Balaban J connectivity index is 2.17. The van der Waals surface area contributed by atoms with Crippen molar-refractivity contribution in [3.63, 3.8) is 0 Å². The third-order valence-corrected chi connectivity index (χ3v) is 4.18. The average molecular weight is 296 g/mol. The number of aromatic nitrogens is 4. The number of rotatable bonds is 1. The summed E-state index contributed by atoms with van der Waals surface area (Å²) in [6.07, 6.45) is 0.